The summed E-state index contributed by atoms with van der Waals surface area (Å²) in [5, 5.41) is 0. The van der Waals surface area contributed by atoms with Crippen LogP contribution in [0, 0.1) is 19.9 Å². The second kappa shape index (κ2) is 26.2. The molecule has 1 aromatic rings. The molecule has 0 aromatic heterocycles. The Bertz CT molecular complexity index is 215. The first-order valence-corrected chi connectivity index (χ1v) is 7.92. The van der Waals surface area contributed by atoms with Crippen molar-refractivity contribution in [2.45, 2.75) is 61.8 Å². The van der Waals surface area contributed by atoms with Crippen molar-refractivity contribution >= 4 is 0 Å². The quantitative estimate of drug-likeness (QED) is 0.512. The normalized spacial score (nSPS) is 8.45. The molecule has 22 heavy (non-hydrogen) atoms. The molecule has 1 aromatic carbocycles. The molecule has 0 bridgehead atoms. The van der Waals surface area contributed by atoms with Gasteiger partial charge in [0.15, 0.2) is 0 Å². The van der Waals surface area contributed by atoms with Gasteiger partial charge in [-0.1, -0.05) is 98.2 Å². The van der Waals surface area contributed by atoms with E-state index in [9.17, 15) is 0 Å². The summed E-state index contributed by atoms with van der Waals surface area (Å²) in [6.45, 7) is 19.2. The van der Waals surface area contributed by atoms with Gasteiger partial charge in [0.05, 0.1) is 0 Å². The summed E-state index contributed by atoms with van der Waals surface area (Å²) in [7, 11) is 3.88. The molecule has 0 saturated heterocycles. The molecule has 2 heteroatoms. The van der Waals surface area contributed by atoms with E-state index in [4.69, 9.17) is 0 Å². The Morgan fingerprint density at radius 2 is 1.05 bits per heavy atom. The van der Waals surface area contributed by atoms with Crippen molar-refractivity contribution < 1.29 is 32.7 Å². The van der Waals surface area contributed by atoms with Crippen LogP contribution >= 0.6 is 0 Å². The monoisotopic (exact) mass is 384 g/mol. The summed E-state index contributed by atoms with van der Waals surface area (Å²) >= 11 is 0. The van der Waals surface area contributed by atoms with Crippen LogP contribution in [0.4, 0.5) is 0 Å². The van der Waals surface area contributed by atoms with Crippen LogP contribution in [0.5, 0.6) is 0 Å². The summed E-state index contributed by atoms with van der Waals surface area (Å²) in [5.41, 5.74) is 0.387. The zero-order chi connectivity index (χ0) is 16.4. The van der Waals surface area contributed by atoms with Crippen LogP contribution in [0.1, 0.15) is 61.8 Å². The fourth-order valence-electron chi connectivity index (χ4n) is 1.17. The van der Waals surface area contributed by atoms with Crippen molar-refractivity contribution in [2.75, 3.05) is 13.1 Å². The third kappa shape index (κ3) is 42.7. The van der Waals surface area contributed by atoms with E-state index in [1.54, 1.807) is 0 Å². The van der Waals surface area contributed by atoms with Gasteiger partial charge >= 0.3 is 0 Å². The molecule has 0 amide bonds. The third-order valence-electron chi connectivity index (χ3n) is 1.81. The molecule has 1 nitrogen and oxygen atoms in total. The van der Waals surface area contributed by atoms with Crippen LogP contribution in [-0.2, 0) is 32.7 Å². The predicted molar refractivity (Wildman–Crippen MR) is 102 cm³/mol. The maximum atomic E-state index is 3.88. The van der Waals surface area contributed by atoms with Gasteiger partial charge < -0.3 is 12.3 Å². The summed E-state index contributed by atoms with van der Waals surface area (Å²) in [4.78, 5) is 2.08. The number of hydrogen-bond donors (Lipinski definition) is 0. The van der Waals surface area contributed by atoms with Gasteiger partial charge in [-0.3, -0.25) is 7.05 Å². The average molecular weight is 384 g/mol. The maximum Gasteiger partial charge on any atom is 0 e. The molecule has 0 aliphatic rings. The topological polar surface area (TPSA) is 3.24 Å². The minimum Gasteiger partial charge on any atom is -0.459 e. The van der Waals surface area contributed by atoms with Crippen LogP contribution in [0.25, 0.3) is 0 Å². The van der Waals surface area contributed by atoms with Crippen molar-refractivity contribution in [2.24, 2.45) is 5.41 Å². The molecule has 0 aliphatic heterocycles. The van der Waals surface area contributed by atoms with Crippen LogP contribution in [-0.4, -0.2) is 18.0 Å². The van der Waals surface area contributed by atoms with Gasteiger partial charge in [-0.05, 0) is 18.5 Å². The molecule has 0 aliphatic carbocycles. The van der Waals surface area contributed by atoms with Gasteiger partial charge in [-0.25, -0.2) is 0 Å². The van der Waals surface area contributed by atoms with Gasteiger partial charge in [0.2, 0.25) is 0 Å². The minimum absolute atomic E-state index is 0. The first-order valence-electron chi connectivity index (χ1n) is 7.92. The second-order valence-electron chi connectivity index (χ2n) is 5.57. The zero-order valence-electron chi connectivity index (χ0n) is 16.8. The molecule has 1 rings (SSSR count). The molecule has 0 fully saturated rings. The van der Waals surface area contributed by atoms with Crippen LogP contribution < -0.4 is 0 Å². The maximum absolute atomic E-state index is 3.88. The van der Waals surface area contributed by atoms with Gasteiger partial charge in [-0.15, -0.1) is 0 Å². The second-order valence-corrected chi connectivity index (χ2v) is 5.57. The number of nitrogens with zero attached hydrogens (tertiary/aromatic N) is 1. The van der Waals surface area contributed by atoms with Gasteiger partial charge in [0.25, 0.3) is 0 Å². The Hall–Kier alpha value is 0.284. The van der Waals surface area contributed by atoms with Crippen molar-refractivity contribution in [3.05, 3.63) is 50.9 Å². The van der Waals surface area contributed by atoms with E-state index in [1.165, 1.54) is 6.42 Å². The molecule has 0 unspecified atom stereocenters. The predicted octanol–water partition coefficient (Wildman–Crippen LogP) is 6.72. The molecule has 0 N–H and O–H groups in total. The van der Waals surface area contributed by atoms with E-state index >= 15 is 0 Å². The Kier molecular flexibility index (Phi) is 40.2. The molecule has 0 atom stereocenters. The van der Waals surface area contributed by atoms with Crippen molar-refractivity contribution in [1.82, 2.24) is 4.90 Å². The zero-order valence-corrected chi connectivity index (χ0v) is 19.7. The fraction of sp³-hybridized carbons (Fsp3) is 0.600. The summed E-state index contributed by atoms with van der Waals surface area (Å²) < 4.78 is 0. The Morgan fingerprint density at radius 3 is 1.14 bits per heavy atom. The van der Waals surface area contributed by atoms with Gasteiger partial charge in [0, 0.05) is 32.7 Å². The van der Waals surface area contributed by atoms with E-state index in [0.29, 0.717) is 5.41 Å². The standard InChI is InChI=1S/C8H18N.C6H6.C3H8.C2H6.CH3.Y/c1-6-9(5)7-8(2,3)4;1-2-4-6-5-3-1;1-3-2;1-2;;/h5-7H2,1-4H3;1-6H;3H2,1-2H3;1-2H3;1H3;/q-1;;;;-1;. The number of hydrogen-bond acceptors (Lipinski definition) is 1. The van der Waals surface area contributed by atoms with Crippen LogP contribution in [0.15, 0.2) is 36.4 Å². The molecule has 131 valence electrons. The average Bonchev–Trinajstić information content (AvgIpc) is 2.42. The van der Waals surface area contributed by atoms with E-state index in [2.05, 4.69) is 53.5 Å². The first-order chi connectivity index (χ1) is 9.37. The molecule has 0 spiro atoms. The van der Waals surface area contributed by atoms with Crippen LogP contribution in [0.3, 0.4) is 0 Å². The summed E-state index contributed by atoms with van der Waals surface area (Å²) in [5.74, 6) is 0. The van der Waals surface area contributed by atoms with Crippen LogP contribution in [0.2, 0.25) is 0 Å². The fourth-order valence-corrected chi connectivity index (χ4v) is 1.17. The van der Waals surface area contributed by atoms with Gasteiger partial charge in [-0.2, -0.15) is 0 Å². The molecule has 0 saturated carbocycles. The molecular formula is C20H41NY-2. The number of rotatable bonds is 2. The summed E-state index contributed by atoms with van der Waals surface area (Å²) in [6.07, 6.45) is 1.25. The molecule has 1 radical (unpaired) electrons. The molecular weight excluding hydrogens is 343 g/mol. The van der Waals surface area contributed by atoms with Crippen molar-refractivity contribution in [3.63, 3.8) is 0 Å². The number of benzene rings is 1. The molecule has 0 heterocycles. The Labute approximate surface area is 168 Å². The smallest absolute Gasteiger partial charge is 0 e. The SMILES string of the molecule is CC.CCC.[CH2-]N(CC)CC(C)(C)C.[CH3-].[Y].c1ccccc1. The van der Waals surface area contributed by atoms with Gasteiger partial charge in [0.1, 0.15) is 0 Å². The first kappa shape index (κ1) is 33.8. The third-order valence-corrected chi connectivity index (χ3v) is 1.81. The van der Waals surface area contributed by atoms with Crippen molar-refractivity contribution in [1.29, 1.82) is 0 Å². The van der Waals surface area contributed by atoms with E-state index in [1.807, 2.05) is 50.2 Å². The Balaban J connectivity index is -0.0000000649. The van der Waals surface area contributed by atoms with Crippen molar-refractivity contribution in [3.8, 4) is 0 Å². The van der Waals surface area contributed by atoms with E-state index in [0.717, 1.165) is 13.1 Å². The Morgan fingerprint density at radius 1 is 0.818 bits per heavy atom. The van der Waals surface area contributed by atoms with E-state index < -0.39 is 0 Å². The largest absolute Gasteiger partial charge is 0.459 e. The minimum atomic E-state index is 0. The van der Waals surface area contributed by atoms with E-state index in [-0.39, 0.29) is 40.1 Å². The summed E-state index contributed by atoms with van der Waals surface area (Å²) in [6, 6.07) is 12.0.